The van der Waals surface area contributed by atoms with E-state index in [-0.39, 0.29) is 17.2 Å². The van der Waals surface area contributed by atoms with Gasteiger partial charge in [-0.15, -0.1) is 0 Å². The minimum atomic E-state index is -0.776. The Kier molecular flexibility index (Phi) is 8.83. The van der Waals surface area contributed by atoms with Gasteiger partial charge in [0.1, 0.15) is 11.8 Å². The lowest BCUT2D eigenvalue weighted by molar-refractivity contribution is -0.387. The topological polar surface area (TPSA) is 133 Å². The van der Waals surface area contributed by atoms with Crippen LogP contribution in [0.15, 0.2) is 92.0 Å². The summed E-state index contributed by atoms with van der Waals surface area (Å²) in [6.45, 7) is 6.57. The second-order valence-electron chi connectivity index (χ2n) is 9.42. The molecule has 1 atom stereocenters. The third-order valence-electron chi connectivity index (χ3n) is 6.96. The zero-order chi connectivity index (χ0) is 30.7. The molecular weight excluding hydrogens is 589 g/mol. The number of para-hydroxylation sites is 1. The Morgan fingerprint density at radius 3 is 2.56 bits per heavy atom. The molecule has 0 saturated heterocycles. The first-order valence-electron chi connectivity index (χ1n) is 13.4. The number of hydrogen-bond donors (Lipinski definition) is 0. The lowest BCUT2D eigenvalue weighted by Crippen LogP contribution is -2.43. The molecule has 0 aliphatic carbocycles. The maximum absolute atomic E-state index is 14.1. The third-order valence-corrected chi connectivity index (χ3v) is 8.90. The second kappa shape index (κ2) is 12.7. The van der Waals surface area contributed by atoms with Gasteiger partial charge < -0.3 is 9.64 Å². The molecule has 1 aliphatic heterocycles. The number of methoxy groups -OCH3 is 1. The highest BCUT2D eigenvalue weighted by Gasteiger charge is 2.35. The molecule has 43 heavy (non-hydrogen) atoms. The normalized spacial score (nSPS) is 14.7. The van der Waals surface area contributed by atoms with Gasteiger partial charge in [-0.1, -0.05) is 35.6 Å². The molecule has 220 valence electrons. The van der Waals surface area contributed by atoms with Crippen molar-refractivity contribution in [2.24, 2.45) is 4.99 Å². The van der Waals surface area contributed by atoms with Gasteiger partial charge in [0.15, 0.2) is 9.96 Å². The Balaban J connectivity index is 1.66. The van der Waals surface area contributed by atoms with E-state index >= 15 is 0 Å². The highest BCUT2D eigenvalue weighted by molar-refractivity contribution is 7.99. The van der Waals surface area contributed by atoms with Gasteiger partial charge in [0.05, 0.1) is 32.7 Å². The molecule has 5 rings (SSSR count). The van der Waals surface area contributed by atoms with Crippen molar-refractivity contribution in [2.45, 2.75) is 36.9 Å². The highest BCUT2D eigenvalue weighted by atomic mass is 32.2. The number of nitro groups is 1. The van der Waals surface area contributed by atoms with Gasteiger partial charge in [-0.3, -0.25) is 24.3 Å². The summed E-state index contributed by atoms with van der Waals surface area (Å²) in [5.74, 6) is 0.329. The number of fused-ring (bicyclic) bond motifs is 1. The summed E-state index contributed by atoms with van der Waals surface area (Å²) >= 11 is 2.24. The Morgan fingerprint density at radius 2 is 1.88 bits per heavy atom. The van der Waals surface area contributed by atoms with Crippen LogP contribution in [0.2, 0.25) is 0 Å². The molecule has 0 spiro atoms. The van der Waals surface area contributed by atoms with Crippen LogP contribution in [0, 0.1) is 10.1 Å². The van der Waals surface area contributed by atoms with Crippen molar-refractivity contribution in [1.82, 2.24) is 19.4 Å². The fraction of sp³-hybridized carbons (Fsp3) is 0.233. The van der Waals surface area contributed by atoms with Gasteiger partial charge in [-0.2, -0.15) is 0 Å². The molecule has 1 amide bonds. The number of amides is 1. The van der Waals surface area contributed by atoms with Crippen LogP contribution < -0.4 is 19.6 Å². The number of thiazole rings is 1. The van der Waals surface area contributed by atoms with Gasteiger partial charge in [0, 0.05) is 37.1 Å². The largest absolute Gasteiger partial charge is 0.496 e. The van der Waals surface area contributed by atoms with Crippen molar-refractivity contribution in [3.8, 4) is 5.75 Å². The van der Waals surface area contributed by atoms with Gasteiger partial charge in [0.25, 0.3) is 17.2 Å². The summed E-state index contributed by atoms with van der Waals surface area (Å²) in [4.78, 5) is 54.8. The number of carbonyl (C=O) groups is 1. The molecule has 0 unspecified atom stereocenters. The number of aromatic nitrogens is 3. The molecule has 13 heteroatoms. The molecule has 0 fully saturated rings. The molecule has 1 aliphatic rings. The van der Waals surface area contributed by atoms with E-state index < -0.39 is 11.0 Å². The van der Waals surface area contributed by atoms with E-state index in [9.17, 15) is 19.7 Å². The average Bonchev–Trinajstić information content (AvgIpc) is 3.31. The number of carbonyl (C=O) groups excluding carboxylic acids is 1. The molecule has 0 bridgehead atoms. The summed E-state index contributed by atoms with van der Waals surface area (Å²) in [5.41, 5.74) is 1.54. The smallest absolute Gasteiger partial charge is 0.283 e. The molecule has 2 aromatic heterocycles. The summed E-state index contributed by atoms with van der Waals surface area (Å²) in [6.07, 6.45) is 4.74. The number of benzene rings is 2. The van der Waals surface area contributed by atoms with Crippen molar-refractivity contribution in [3.63, 3.8) is 0 Å². The van der Waals surface area contributed by atoms with Crippen LogP contribution in [0.5, 0.6) is 5.75 Å². The fourth-order valence-corrected chi connectivity index (χ4v) is 6.75. The van der Waals surface area contributed by atoms with E-state index in [2.05, 4.69) is 15.0 Å². The summed E-state index contributed by atoms with van der Waals surface area (Å²) in [5, 5.41) is 12.3. The average molecular weight is 617 g/mol. The van der Waals surface area contributed by atoms with E-state index in [0.29, 0.717) is 60.6 Å². The number of nitro benzene ring substituents is 1. The van der Waals surface area contributed by atoms with E-state index in [1.807, 2.05) is 32.0 Å². The van der Waals surface area contributed by atoms with Crippen LogP contribution in [-0.4, -0.2) is 50.5 Å². The van der Waals surface area contributed by atoms with E-state index in [1.54, 1.807) is 61.7 Å². The number of likely N-dealkylation sites (N-methyl/N-ethyl adjacent to an activating group) is 1. The monoisotopic (exact) mass is 616 g/mol. The van der Waals surface area contributed by atoms with E-state index in [4.69, 9.17) is 4.74 Å². The van der Waals surface area contributed by atoms with Gasteiger partial charge in [-0.25, -0.2) is 15.0 Å². The summed E-state index contributed by atoms with van der Waals surface area (Å²) < 4.78 is 7.49. The Hall–Kier alpha value is -4.62. The summed E-state index contributed by atoms with van der Waals surface area (Å²) in [7, 11) is 1.55. The van der Waals surface area contributed by atoms with Gasteiger partial charge in [0.2, 0.25) is 0 Å². The zero-order valence-electron chi connectivity index (χ0n) is 23.9. The molecule has 0 N–H and O–H groups in total. The van der Waals surface area contributed by atoms with Crippen molar-refractivity contribution in [3.05, 3.63) is 113 Å². The quantitative estimate of drug-likeness (QED) is 0.157. The predicted molar refractivity (Wildman–Crippen MR) is 164 cm³/mol. The van der Waals surface area contributed by atoms with Crippen molar-refractivity contribution in [1.29, 1.82) is 0 Å². The predicted octanol–water partition coefficient (Wildman–Crippen LogP) is 3.96. The van der Waals surface area contributed by atoms with Crippen LogP contribution in [0.3, 0.4) is 0 Å². The Labute approximate surface area is 255 Å². The molecule has 0 saturated carbocycles. The zero-order valence-corrected chi connectivity index (χ0v) is 25.5. The number of ether oxygens (including phenoxy) is 1. The maximum atomic E-state index is 14.1. The molecule has 3 heterocycles. The minimum Gasteiger partial charge on any atom is -0.496 e. The van der Waals surface area contributed by atoms with Crippen LogP contribution in [0.1, 0.15) is 37.9 Å². The maximum Gasteiger partial charge on any atom is 0.283 e. The first-order valence-corrected chi connectivity index (χ1v) is 15.1. The SMILES string of the molecule is CCN(CC)C(=O)C1=C(C)N=c2s/c(=C\c3ccc(Sc4ncccn4)c([N+](=O)[O-])c3)c(=O)n2[C@H]1c1ccccc1OC. The molecule has 4 aromatic rings. The van der Waals surface area contributed by atoms with Gasteiger partial charge >= 0.3 is 0 Å². The molecule has 0 radical (unpaired) electrons. The second-order valence-corrected chi connectivity index (χ2v) is 11.4. The Bertz CT molecular complexity index is 1920. The number of rotatable bonds is 9. The third kappa shape index (κ3) is 5.86. The van der Waals surface area contributed by atoms with Crippen molar-refractivity contribution in [2.75, 3.05) is 20.2 Å². The first-order chi connectivity index (χ1) is 20.8. The van der Waals surface area contributed by atoms with E-state index in [1.165, 1.54) is 10.6 Å². The molecular formula is C30H28N6O5S2. The summed E-state index contributed by atoms with van der Waals surface area (Å²) in [6, 6.07) is 12.9. The van der Waals surface area contributed by atoms with Crippen LogP contribution >= 0.6 is 23.1 Å². The standard InChI is InChI=1S/C30H28N6O5S2/c1-5-34(6-2)28(38)25-18(3)33-30-35(26(25)20-10-7-8-11-22(20)41-4)27(37)24(43-30)17-19-12-13-23(21(16-19)36(39)40)42-29-31-14-9-15-32-29/h7-17,26H,5-6H2,1-4H3/b24-17-/t26-/m0/s1. The number of nitrogens with zero attached hydrogens (tertiary/aromatic N) is 6. The minimum absolute atomic E-state index is 0.131. The molecule has 11 nitrogen and oxygen atoms in total. The number of allylic oxidation sites excluding steroid dienone is 1. The van der Waals surface area contributed by atoms with Crippen molar-refractivity contribution >= 4 is 40.8 Å². The van der Waals surface area contributed by atoms with Crippen LogP contribution in [-0.2, 0) is 4.79 Å². The Morgan fingerprint density at radius 1 is 1.16 bits per heavy atom. The van der Waals surface area contributed by atoms with Gasteiger partial charge in [-0.05, 0) is 62.4 Å². The lowest BCUT2D eigenvalue weighted by atomic mass is 9.94. The molecule has 2 aromatic carbocycles. The number of hydrogen-bond acceptors (Lipinski definition) is 10. The van der Waals surface area contributed by atoms with E-state index in [0.717, 1.165) is 23.1 Å². The van der Waals surface area contributed by atoms with Crippen LogP contribution in [0.4, 0.5) is 5.69 Å². The lowest BCUT2D eigenvalue weighted by Gasteiger charge is -2.29. The highest BCUT2D eigenvalue weighted by Crippen LogP contribution is 2.36. The fourth-order valence-electron chi connectivity index (χ4n) is 4.90. The van der Waals surface area contributed by atoms with Crippen LogP contribution in [0.25, 0.3) is 6.08 Å². The van der Waals surface area contributed by atoms with Crippen molar-refractivity contribution < 1.29 is 14.5 Å². The first kappa shape index (κ1) is 29.9.